The Balaban J connectivity index is 1.69. The monoisotopic (exact) mass is 492 g/mol. The molecule has 1 aromatic heterocycles. The van der Waals surface area contributed by atoms with Gasteiger partial charge in [-0.15, -0.1) is 0 Å². The predicted octanol–water partition coefficient (Wildman–Crippen LogP) is 5.60. The zero-order chi connectivity index (χ0) is 24.7. The van der Waals surface area contributed by atoms with Gasteiger partial charge < -0.3 is 9.84 Å². The van der Waals surface area contributed by atoms with Crippen LogP contribution < -0.4 is 9.64 Å². The number of rotatable bonds is 5. The molecule has 9 heteroatoms. The number of carbonyl (C=O) groups excluding carboxylic acids is 2. The van der Waals surface area contributed by atoms with E-state index in [0.29, 0.717) is 23.4 Å². The number of nitrogens with zero attached hydrogens (tertiary/aromatic N) is 2. The van der Waals surface area contributed by atoms with E-state index >= 15 is 0 Å². The summed E-state index contributed by atoms with van der Waals surface area (Å²) in [5.74, 6) is -2.63. The van der Waals surface area contributed by atoms with Crippen LogP contribution in [-0.4, -0.2) is 28.4 Å². The van der Waals surface area contributed by atoms with E-state index in [-0.39, 0.29) is 16.3 Å². The summed E-state index contributed by atoms with van der Waals surface area (Å²) in [6, 6.07) is 14.4. The summed E-state index contributed by atoms with van der Waals surface area (Å²) < 4.78 is 33.4. The van der Waals surface area contributed by atoms with Crippen LogP contribution in [-0.2, 0) is 9.59 Å². The third-order valence-corrected chi connectivity index (χ3v) is 6.63. The number of benzene rings is 3. The van der Waals surface area contributed by atoms with Crippen molar-refractivity contribution in [3.05, 3.63) is 95.1 Å². The molecule has 1 saturated heterocycles. The molecule has 1 N–H and O–H groups in total. The number of fused-ring (bicyclic) bond motifs is 1. The molecule has 0 spiro atoms. The van der Waals surface area contributed by atoms with E-state index in [2.05, 4.69) is 4.98 Å². The molecule has 0 unspecified atom stereocenters. The van der Waals surface area contributed by atoms with Gasteiger partial charge in [-0.25, -0.2) is 13.8 Å². The average molecular weight is 493 g/mol. The highest BCUT2D eigenvalue weighted by atomic mass is 32.1. The maximum Gasteiger partial charge on any atom is 0.301 e. The molecule has 176 valence electrons. The van der Waals surface area contributed by atoms with Gasteiger partial charge in [0, 0.05) is 5.56 Å². The minimum Gasteiger partial charge on any atom is -0.507 e. The third kappa shape index (κ3) is 4.04. The van der Waals surface area contributed by atoms with Crippen LogP contribution in [0.2, 0.25) is 0 Å². The van der Waals surface area contributed by atoms with E-state index in [4.69, 9.17) is 4.74 Å². The summed E-state index contributed by atoms with van der Waals surface area (Å²) in [5, 5.41) is 11.3. The summed E-state index contributed by atoms with van der Waals surface area (Å²) in [5.41, 5.74) is 0.986. The number of anilines is 1. The molecule has 6 nitrogen and oxygen atoms in total. The number of aromatic nitrogens is 1. The molecule has 0 bridgehead atoms. The number of amides is 1. The van der Waals surface area contributed by atoms with Crippen LogP contribution in [0.4, 0.5) is 13.9 Å². The lowest BCUT2D eigenvalue weighted by molar-refractivity contribution is -0.132. The first-order valence-electron chi connectivity index (χ1n) is 10.7. The van der Waals surface area contributed by atoms with Crippen molar-refractivity contribution in [3.63, 3.8) is 0 Å². The van der Waals surface area contributed by atoms with E-state index in [0.717, 1.165) is 16.8 Å². The first-order chi connectivity index (χ1) is 16.9. The Morgan fingerprint density at radius 2 is 1.69 bits per heavy atom. The summed E-state index contributed by atoms with van der Waals surface area (Å²) in [7, 11) is 0. The first kappa shape index (κ1) is 22.7. The Hall–Kier alpha value is -4.11. The number of carbonyl (C=O) groups is 2. The molecular weight excluding hydrogens is 474 g/mol. The SMILES string of the molecule is CCOc1ccc2nc(N3C(=O)C(=O)/C(=C(/O)c4ccc(F)cc4)[C@H]3c3ccc(F)cc3)sc2c1. The summed E-state index contributed by atoms with van der Waals surface area (Å²) in [4.78, 5) is 32.2. The van der Waals surface area contributed by atoms with Gasteiger partial charge in [-0.05, 0) is 67.1 Å². The van der Waals surface area contributed by atoms with E-state index in [9.17, 15) is 23.5 Å². The maximum absolute atomic E-state index is 13.7. The molecule has 1 fully saturated rings. The molecule has 0 saturated carbocycles. The van der Waals surface area contributed by atoms with Gasteiger partial charge in [0.15, 0.2) is 5.13 Å². The van der Waals surface area contributed by atoms with Crippen LogP contribution in [0.15, 0.2) is 72.3 Å². The zero-order valence-corrected chi connectivity index (χ0v) is 19.2. The van der Waals surface area contributed by atoms with Gasteiger partial charge in [0.2, 0.25) is 0 Å². The van der Waals surface area contributed by atoms with Crippen LogP contribution >= 0.6 is 11.3 Å². The molecule has 1 atom stereocenters. The van der Waals surface area contributed by atoms with Crippen molar-refractivity contribution in [2.45, 2.75) is 13.0 Å². The number of aliphatic hydroxyl groups excluding tert-OH is 1. The lowest BCUT2D eigenvalue weighted by Crippen LogP contribution is -2.29. The molecule has 2 heterocycles. The number of hydrogen-bond donors (Lipinski definition) is 1. The molecule has 5 rings (SSSR count). The quantitative estimate of drug-likeness (QED) is 0.223. The Bertz CT molecular complexity index is 1480. The van der Waals surface area contributed by atoms with Crippen molar-refractivity contribution in [2.24, 2.45) is 0 Å². The second-order valence-corrected chi connectivity index (χ2v) is 8.80. The lowest BCUT2D eigenvalue weighted by Gasteiger charge is -2.23. The van der Waals surface area contributed by atoms with Crippen LogP contribution in [0.25, 0.3) is 16.0 Å². The molecule has 1 amide bonds. The van der Waals surface area contributed by atoms with Crippen molar-refractivity contribution < 1.29 is 28.2 Å². The van der Waals surface area contributed by atoms with Crippen molar-refractivity contribution in [3.8, 4) is 5.75 Å². The second kappa shape index (κ2) is 8.92. The molecule has 4 aromatic rings. The fraction of sp³-hybridized carbons (Fsp3) is 0.115. The topological polar surface area (TPSA) is 79.7 Å². The van der Waals surface area contributed by atoms with Gasteiger partial charge in [-0.3, -0.25) is 14.5 Å². The second-order valence-electron chi connectivity index (χ2n) is 7.79. The molecular formula is C26H18F2N2O4S. The highest BCUT2D eigenvalue weighted by Gasteiger charge is 2.48. The van der Waals surface area contributed by atoms with Gasteiger partial charge in [0.05, 0.1) is 28.4 Å². The molecule has 0 radical (unpaired) electrons. The smallest absolute Gasteiger partial charge is 0.301 e. The number of thiazole rings is 1. The number of halogens is 2. The average Bonchev–Trinajstić information content (AvgIpc) is 3.38. The highest BCUT2D eigenvalue weighted by molar-refractivity contribution is 7.22. The highest BCUT2D eigenvalue weighted by Crippen LogP contribution is 2.44. The van der Waals surface area contributed by atoms with Gasteiger partial charge in [-0.2, -0.15) is 0 Å². The number of hydrogen-bond acceptors (Lipinski definition) is 6. The predicted molar refractivity (Wildman–Crippen MR) is 128 cm³/mol. The van der Waals surface area contributed by atoms with Gasteiger partial charge >= 0.3 is 5.91 Å². The van der Waals surface area contributed by atoms with Crippen LogP contribution in [0.1, 0.15) is 24.1 Å². The normalized spacial score (nSPS) is 17.3. The number of Topliss-reactive ketones (excluding diaryl/α,β-unsaturated/α-hetero) is 1. The molecule has 1 aliphatic rings. The standard InChI is InChI=1S/C26H18F2N2O4S/c1-2-34-18-11-12-19-20(13-18)35-26(29-19)30-22(14-3-7-16(27)8-4-14)21(24(32)25(30)33)23(31)15-5-9-17(28)10-6-15/h3-13,22,31H,2H2,1H3/b23-21+/t22-/m1/s1. The van der Waals surface area contributed by atoms with E-state index in [1.165, 1.54) is 52.6 Å². The number of aliphatic hydroxyl groups is 1. The van der Waals surface area contributed by atoms with Crippen LogP contribution in [0.5, 0.6) is 5.75 Å². The van der Waals surface area contributed by atoms with E-state index < -0.39 is 35.1 Å². The largest absolute Gasteiger partial charge is 0.507 e. The molecule has 3 aromatic carbocycles. The van der Waals surface area contributed by atoms with E-state index in [1.54, 1.807) is 18.2 Å². The number of ketones is 1. The summed E-state index contributed by atoms with van der Waals surface area (Å²) >= 11 is 1.19. The van der Waals surface area contributed by atoms with Crippen molar-refractivity contribution in [1.29, 1.82) is 0 Å². The minimum absolute atomic E-state index is 0.169. The molecule has 0 aliphatic carbocycles. The van der Waals surface area contributed by atoms with Gasteiger partial charge in [0.1, 0.15) is 23.1 Å². The Morgan fingerprint density at radius 3 is 2.34 bits per heavy atom. The number of ether oxygens (including phenoxy) is 1. The first-order valence-corrected chi connectivity index (χ1v) is 11.5. The fourth-order valence-corrected chi connectivity index (χ4v) is 5.03. The van der Waals surface area contributed by atoms with E-state index in [1.807, 2.05) is 6.92 Å². The molecule has 1 aliphatic heterocycles. The fourth-order valence-electron chi connectivity index (χ4n) is 4.01. The molecule has 35 heavy (non-hydrogen) atoms. The Kier molecular flexibility index (Phi) is 5.78. The van der Waals surface area contributed by atoms with Crippen LogP contribution in [0.3, 0.4) is 0 Å². The summed E-state index contributed by atoms with van der Waals surface area (Å²) in [6.45, 7) is 2.35. The summed E-state index contributed by atoms with van der Waals surface area (Å²) in [6.07, 6.45) is 0. The maximum atomic E-state index is 13.7. The Morgan fingerprint density at radius 1 is 1.03 bits per heavy atom. The zero-order valence-electron chi connectivity index (χ0n) is 18.4. The van der Waals surface area contributed by atoms with Crippen molar-refractivity contribution >= 4 is 44.1 Å². The van der Waals surface area contributed by atoms with Gasteiger partial charge in [-0.1, -0.05) is 23.5 Å². The van der Waals surface area contributed by atoms with Gasteiger partial charge in [0.25, 0.3) is 5.78 Å². The van der Waals surface area contributed by atoms with Crippen molar-refractivity contribution in [1.82, 2.24) is 4.98 Å². The Labute approximate surface area is 202 Å². The van der Waals surface area contributed by atoms with Crippen LogP contribution in [0, 0.1) is 11.6 Å². The third-order valence-electron chi connectivity index (χ3n) is 5.61. The van der Waals surface area contributed by atoms with Crippen molar-refractivity contribution in [2.75, 3.05) is 11.5 Å². The minimum atomic E-state index is -1.06. The lowest BCUT2D eigenvalue weighted by atomic mass is 9.95.